The van der Waals surface area contributed by atoms with E-state index in [-0.39, 0.29) is 5.41 Å². The van der Waals surface area contributed by atoms with E-state index in [0.29, 0.717) is 0 Å². The second-order valence-corrected chi connectivity index (χ2v) is 6.60. The lowest BCUT2D eigenvalue weighted by Crippen LogP contribution is -2.17. The van der Waals surface area contributed by atoms with Crippen LogP contribution in [0.15, 0.2) is 66.7 Å². The first-order chi connectivity index (χ1) is 10.6. The molecular formula is C21H23N. The summed E-state index contributed by atoms with van der Waals surface area (Å²) in [5, 5.41) is 1.22. The van der Waals surface area contributed by atoms with Crippen molar-refractivity contribution < 1.29 is 0 Å². The molecule has 0 saturated heterocycles. The number of aryl methyl sites for hydroxylation is 1. The van der Waals surface area contributed by atoms with Gasteiger partial charge in [-0.2, -0.15) is 0 Å². The first kappa shape index (κ1) is 14.8. The van der Waals surface area contributed by atoms with Gasteiger partial charge in [0.25, 0.3) is 0 Å². The molecule has 112 valence electrons. The number of para-hydroxylation sites is 1. The number of fused-ring (bicyclic) bond motifs is 1. The highest BCUT2D eigenvalue weighted by atomic mass is 14.7. The van der Waals surface area contributed by atoms with Gasteiger partial charge in [0.1, 0.15) is 0 Å². The zero-order valence-electron chi connectivity index (χ0n) is 13.4. The summed E-state index contributed by atoms with van der Waals surface area (Å²) >= 11 is 0. The first-order valence-corrected chi connectivity index (χ1v) is 8.05. The normalized spacial score (nSPS) is 11.7. The van der Waals surface area contributed by atoms with Crippen molar-refractivity contribution >= 4 is 10.9 Å². The van der Waals surface area contributed by atoms with E-state index in [4.69, 9.17) is 4.98 Å². The lowest BCUT2D eigenvalue weighted by molar-refractivity contribution is 0.460. The molecule has 0 aliphatic rings. The van der Waals surface area contributed by atoms with Gasteiger partial charge in [-0.3, -0.25) is 4.98 Å². The van der Waals surface area contributed by atoms with Gasteiger partial charge < -0.3 is 0 Å². The zero-order chi connectivity index (χ0) is 15.4. The van der Waals surface area contributed by atoms with Crippen molar-refractivity contribution in [1.82, 2.24) is 4.98 Å². The Kier molecular flexibility index (Phi) is 4.24. The average molecular weight is 289 g/mol. The second kappa shape index (κ2) is 6.31. The van der Waals surface area contributed by atoms with E-state index in [0.717, 1.165) is 18.4 Å². The summed E-state index contributed by atoms with van der Waals surface area (Å²) in [6.07, 6.45) is 3.37. The van der Waals surface area contributed by atoms with Crippen molar-refractivity contribution in [3.8, 4) is 0 Å². The molecule has 0 saturated carbocycles. The van der Waals surface area contributed by atoms with Crippen molar-refractivity contribution in [2.75, 3.05) is 0 Å². The van der Waals surface area contributed by atoms with Crippen LogP contribution in [0, 0.1) is 0 Å². The Bertz CT molecular complexity index is 744. The molecule has 1 heterocycles. The molecule has 0 aliphatic carbocycles. The molecule has 0 N–H and O–H groups in total. The first-order valence-electron chi connectivity index (χ1n) is 8.05. The standard InChI is InChI=1S/C21H23N/c1-21(2,18-10-4-3-5-11-18)16-8-12-19-15-14-17-9-6-7-13-20(17)22-19/h3-7,9-11,13-15H,8,12,16H2,1-2H3. The summed E-state index contributed by atoms with van der Waals surface area (Å²) < 4.78 is 0. The molecule has 1 nitrogen and oxygen atoms in total. The van der Waals surface area contributed by atoms with Gasteiger partial charge >= 0.3 is 0 Å². The molecule has 0 aliphatic heterocycles. The van der Waals surface area contributed by atoms with E-state index in [1.54, 1.807) is 0 Å². The van der Waals surface area contributed by atoms with Gasteiger partial charge in [0.05, 0.1) is 5.52 Å². The molecular weight excluding hydrogens is 266 g/mol. The van der Waals surface area contributed by atoms with Crippen LogP contribution in [0.5, 0.6) is 0 Å². The van der Waals surface area contributed by atoms with E-state index in [9.17, 15) is 0 Å². The topological polar surface area (TPSA) is 12.9 Å². The maximum atomic E-state index is 4.77. The van der Waals surface area contributed by atoms with Crippen LogP contribution >= 0.6 is 0 Å². The van der Waals surface area contributed by atoms with Gasteiger partial charge in [-0.1, -0.05) is 68.4 Å². The Hall–Kier alpha value is -2.15. The van der Waals surface area contributed by atoms with Crippen molar-refractivity contribution in [2.45, 2.75) is 38.5 Å². The lowest BCUT2D eigenvalue weighted by Gasteiger charge is -2.25. The van der Waals surface area contributed by atoms with Crippen molar-refractivity contribution in [1.29, 1.82) is 0 Å². The fourth-order valence-electron chi connectivity index (χ4n) is 2.99. The predicted octanol–water partition coefficient (Wildman–Crippen LogP) is 5.54. The Morgan fingerprint density at radius 3 is 2.36 bits per heavy atom. The summed E-state index contributed by atoms with van der Waals surface area (Å²) in [6, 6.07) is 23.5. The molecule has 0 spiro atoms. The molecule has 2 aromatic carbocycles. The van der Waals surface area contributed by atoms with E-state index < -0.39 is 0 Å². The summed E-state index contributed by atoms with van der Waals surface area (Å²) in [4.78, 5) is 4.77. The summed E-state index contributed by atoms with van der Waals surface area (Å²) in [5.41, 5.74) is 3.93. The van der Waals surface area contributed by atoms with Gasteiger partial charge in [-0.25, -0.2) is 0 Å². The minimum atomic E-state index is 0.220. The Morgan fingerprint density at radius 2 is 1.55 bits per heavy atom. The van der Waals surface area contributed by atoms with Crippen LogP contribution < -0.4 is 0 Å². The van der Waals surface area contributed by atoms with Gasteiger partial charge in [0.15, 0.2) is 0 Å². The average Bonchev–Trinajstić information content (AvgIpc) is 2.55. The molecule has 0 radical (unpaired) electrons. The van der Waals surface area contributed by atoms with Gasteiger partial charge in [0.2, 0.25) is 0 Å². The van der Waals surface area contributed by atoms with Gasteiger partial charge in [0, 0.05) is 11.1 Å². The van der Waals surface area contributed by atoms with Crippen LogP contribution in [0.4, 0.5) is 0 Å². The minimum Gasteiger partial charge on any atom is -0.253 e. The van der Waals surface area contributed by atoms with Crippen LogP contribution in [0.1, 0.15) is 37.9 Å². The number of rotatable bonds is 5. The third kappa shape index (κ3) is 3.36. The molecule has 0 unspecified atom stereocenters. The molecule has 0 fully saturated rings. The van der Waals surface area contributed by atoms with Crippen LogP contribution in [0.25, 0.3) is 10.9 Å². The number of pyridine rings is 1. The molecule has 0 amide bonds. The highest BCUT2D eigenvalue weighted by molar-refractivity contribution is 5.78. The minimum absolute atomic E-state index is 0.220. The van der Waals surface area contributed by atoms with Crippen LogP contribution in [0.2, 0.25) is 0 Å². The Labute approximate surface area is 133 Å². The zero-order valence-corrected chi connectivity index (χ0v) is 13.4. The quantitative estimate of drug-likeness (QED) is 0.601. The molecule has 1 heteroatoms. The number of benzene rings is 2. The fraction of sp³-hybridized carbons (Fsp3) is 0.286. The van der Waals surface area contributed by atoms with Crippen molar-refractivity contribution in [2.24, 2.45) is 0 Å². The van der Waals surface area contributed by atoms with E-state index >= 15 is 0 Å². The number of nitrogens with zero attached hydrogens (tertiary/aromatic N) is 1. The van der Waals surface area contributed by atoms with Crippen molar-refractivity contribution in [3.63, 3.8) is 0 Å². The Balaban J connectivity index is 1.64. The lowest BCUT2D eigenvalue weighted by atomic mass is 9.80. The maximum absolute atomic E-state index is 4.77. The van der Waals surface area contributed by atoms with Crippen LogP contribution in [-0.2, 0) is 11.8 Å². The molecule has 1 aromatic heterocycles. The Morgan fingerprint density at radius 1 is 0.818 bits per heavy atom. The van der Waals surface area contributed by atoms with E-state index in [2.05, 4.69) is 80.6 Å². The highest BCUT2D eigenvalue weighted by Crippen LogP contribution is 2.28. The smallest absolute Gasteiger partial charge is 0.0705 e. The molecule has 3 rings (SSSR count). The van der Waals surface area contributed by atoms with Gasteiger partial charge in [-0.05, 0) is 42.4 Å². The summed E-state index contributed by atoms with van der Waals surface area (Å²) in [7, 11) is 0. The highest BCUT2D eigenvalue weighted by Gasteiger charge is 2.19. The van der Waals surface area contributed by atoms with Crippen LogP contribution in [0.3, 0.4) is 0 Å². The summed E-state index contributed by atoms with van der Waals surface area (Å²) in [5.74, 6) is 0. The van der Waals surface area contributed by atoms with Crippen LogP contribution in [-0.4, -0.2) is 4.98 Å². The fourth-order valence-corrected chi connectivity index (χ4v) is 2.99. The second-order valence-electron chi connectivity index (χ2n) is 6.60. The molecule has 3 aromatic rings. The van der Waals surface area contributed by atoms with E-state index in [1.165, 1.54) is 23.1 Å². The largest absolute Gasteiger partial charge is 0.253 e. The third-order valence-electron chi connectivity index (χ3n) is 4.45. The number of hydrogen-bond donors (Lipinski definition) is 0. The maximum Gasteiger partial charge on any atom is 0.0705 e. The van der Waals surface area contributed by atoms with Gasteiger partial charge in [-0.15, -0.1) is 0 Å². The predicted molar refractivity (Wildman–Crippen MR) is 94.1 cm³/mol. The summed E-state index contributed by atoms with van der Waals surface area (Å²) in [6.45, 7) is 4.66. The third-order valence-corrected chi connectivity index (χ3v) is 4.45. The van der Waals surface area contributed by atoms with E-state index in [1.807, 2.05) is 0 Å². The number of aromatic nitrogens is 1. The SMILES string of the molecule is CC(C)(CCCc1ccc2ccccc2n1)c1ccccc1. The number of hydrogen-bond acceptors (Lipinski definition) is 1. The molecule has 22 heavy (non-hydrogen) atoms. The molecule has 0 bridgehead atoms. The van der Waals surface area contributed by atoms with Crippen molar-refractivity contribution in [3.05, 3.63) is 78.0 Å². The monoisotopic (exact) mass is 289 g/mol. The molecule has 0 atom stereocenters.